The summed E-state index contributed by atoms with van der Waals surface area (Å²) in [4.78, 5) is 9.18. The molecule has 1 aromatic heterocycles. The molecule has 0 radical (unpaired) electrons. The molecular formula is C16H24ClN3. The molecule has 1 aromatic rings. The van der Waals surface area contributed by atoms with Crippen molar-refractivity contribution in [2.24, 2.45) is 11.8 Å². The fraction of sp³-hybridized carbons (Fsp3) is 0.750. The molecule has 0 amide bonds. The fourth-order valence-electron chi connectivity index (χ4n) is 3.13. The highest BCUT2D eigenvalue weighted by Crippen LogP contribution is 2.40. The number of rotatable bonds is 3. The number of anilines is 1. The van der Waals surface area contributed by atoms with Gasteiger partial charge < -0.3 is 5.32 Å². The third kappa shape index (κ3) is 2.78. The summed E-state index contributed by atoms with van der Waals surface area (Å²) in [5.41, 5.74) is 0.987. The first kappa shape index (κ1) is 14.1. The van der Waals surface area contributed by atoms with Gasteiger partial charge in [-0.2, -0.15) is 0 Å². The van der Waals surface area contributed by atoms with Crippen LogP contribution in [0.1, 0.15) is 63.3 Å². The van der Waals surface area contributed by atoms with E-state index in [2.05, 4.69) is 24.1 Å². The minimum atomic E-state index is 0.510. The second-order valence-electron chi connectivity index (χ2n) is 6.64. The zero-order chi connectivity index (χ0) is 14.3. The Morgan fingerprint density at radius 3 is 2.55 bits per heavy atom. The molecule has 0 aromatic carbocycles. The molecule has 4 heteroatoms. The first-order chi connectivity index (χ1) is 9.56. The van der Waals surface area contributed by atoms with Gasteiger partial charge in [-0.3, -0.25) is 0 Å². The Kier molecular flexibility index (Phi) is 3.89. The van der Waals surface area contributed by atoms with Gasteiger partial charge in [0.05, 0.1) is 0 Å². The summed E-state index contributed by atoms with van der Waals surface area (Å²) in [5, 5.41) is 4.27. The molecule has 0 aliphatic heterocycles. The van der Waals surface area contributed by atoms with Gasteiger partial charge in [0.25, 0.3) is 0 Å². The summed E-state index contributed by atoms with van der Waals surface area (Å²) in [6, 6.07) is 0.510. The third-order valence-corrected chi connectivity index (χ3v) is 5.44. The third-order valence-electron chi connectivity index (χ3n) is 5.08. The highest BCUT2D eigenvalue weighted by atomic mass is 35.5. The van der Waals surface area contributed by atoms with Gasteiger partial charge in [0.2, 0.25) is 0 Å². The van der Waals surface area contributed by atoms with Crippen LogP contribution >= 0.6 is 11.6 Å². The molecule has 1 heterocycles. The second kappa shape index (κ2) is 5.51. The predicted octanol–water partition coefficient (Wildman–Crippen LogP) is 4.55. The summed E-state index contributed by atoms with van der Waals surface area (Å²) in [7, 11) is 0. The molecule has 0 spiro atoms. The van der Waals surface area contributed by atoms with Gasteiger partial charge in [-0.25, -0.2) is 9.97 Å². The number of aromatic nitrogens is 2. The molecule has 0 saturated heterocycles. The van der Waals surface area contributed by atoms with E-state index < -0.39 is 0 Å². The first-order valence-corrected chi connectivity index (χ1v) is 8.24. The first-order valence-electron chi connectivity index (χ1n) is 7.87. The van der Waals surface area contributed by atoms with E-state index in [9.17, 15) is 0 Å². The zero-order valence-corrected chi connectivity index (χ0v) is 13.4. The SMILES string of the molecule is Cc1c(Cl)nc(C2CC2)nc1NC1CCCC(C)C1C. The van der Waals surface area contributed by atoms with Crippen LogP contribution in [0.4, 0.5) is 5.82 Å². The summed E-state index contributed by atoms with van der Waals surface area (Å²) in [6.45, 7) is 6.72. The molecule has 2 saturated carbocycles. The molecule has 3 rings (SSSR count). The molecule has 3 nitrogen and oxygen atoms in total. The van der Waals surface area contributed by atoms with Gasteiger partial charge in [-0.1, -0.05) is 38.3 Å². The molecule has 0 bridgehead atoms. The molecule has 20 heavy (non-hydrogen) atoms. The summed E-state index contributed by atoms with van der Waals surface area (Å²) in [6.07, 6.45) is 6.28. The van der Waals surface area contributed by atoms with Crippen molar-refractivity contribution in [2.75, 3.05) is 5.32 Å². The van der Waals surface area contributed by atoms with Crippen molar-refractivity contribution in [3.05, 3.63) is 16.5 Å². The van der Waals surface area contributed by atoms with Crippen molar-refractivity contribution in [1.29, 1.82) is 0 Å². The summed E-state index contributed by atoms with van der Waals surface area (Å²) < 4.78 is 0. The van der Waals surface area contributed by atoms with Crippen LogP contribution in [0.3, 0.4) is 0 Å². The number of nitrogens with one attached hydrogen (secondary N) is 1. The lowest BCUT2D eigenvalue weighted by molar-refractivity contribution is 0.252. The topological polar surface area (TPSA) is 37.8 Å². The number of nitrogens with zero attached hydrogens (tertiary/aromatic N) is 2. The second-order valence-corrected chi connectivity index (χ2v) is 7.00. The fourth-order valence-corrected chi connectivity index (χ4v) is 3.31. The Balaban J connectivity index is 1.82. The van der Waals surface area contributed by atoms with Gasteiger partial charge in [0.1, 0.15) is 16.8 Å². The molecule has 3 unspecified atom stereocenters. The van der Waals surface area contributed by atoms with Crippen LogP contribution < -0.4 is 5.32 Å². The van der Waals surface area contributed by atoms with Crippen LogP contribution in [0, 0.1) is 18.8 Å². The van der Waals surface area contributed by atoms with Crippen LogP contribution in [-0.2, 0) is 0 Å². The Morgan fingerprint density at radius 2 is 1.85 bits per heavy atom. The van der Waals surface area contributed by atoms with Crippen LogP contribution in [0.5, 0.6) is 0 Å². The van der Waals surface area contributed by atoms with E-state index in [-0.39, 0.29) is 0 Å². The lowest BCUT2D eigenvalue weighted by Gasteiger charge is -2.35. The van der Waals surface area contributed by atoms with Crippen LogP contribution in [0.15, 0.2) is 0 Å². The maximum Gasteiger partial charge on any atom is 0.137 e. The number of hydrogen-bond donors (Lipinski definition) is 1. The Bertz CT molecular complexity index is 499. The van der Waals surface area contributed by atoms with Crippen molar-refractivity contribution in [3.63, 3.8) is 0 Å². The molecule has 3 atom stereocenters. The minimum absolute atomic E-state index is 0.510. The predicted molar refractivity (Wildman–Crippen MR) is 83.3 cm³/mol. The Hall–Kier alpha value is -0.830. The van der Waals surface area contributed by atoms with E-state index in [0.717, 1.165) is 23.1 Å². The molecule has 2 aliphatic carbocycles. The smallest absolute Gasteiger partial charge is 0.137 e. The highest BCUT2D eigenvalue weighted by molar-refractivity contribution is 6.30. The number of halogens is 1. The molecule has 2 aliphatic rings. The maximum absolute atomic E-state index is 6.28. The maximum atomic E-state index is 6.28. The van der Waals surface area contributed by atoms with Crippen molar-refractivity contribution in [2.45, 2.75) is 64.8 Å². The standard InChI is InChI=1S/C16H24ClN3/c1-9-5-4-6-13(10(9)2)18-15-11(3)14(17)19-16(20-15)12-7-8-12/h9-10,12-13H,4-8H2,1-3H3,(H,18,19,20). The molecule has 110 valence electrons. The monoisotopic (exact) mass is 293 g/mol. The number of hydrogen-bond acceptors (Lipinski definition) is 3. The van der Waals surface area contributed by atoms with Crippen LogP contribution in [-0.4, -0.2) is 16.0 Å². The highest BCUT2D eigenvalue weighted by Gasteiger charge is 2.30. The van der Waals surface area contributed by atoms with Gasteiger partial charge in [0.15, 0.2) is 0 Å². The van der Waals surface area contributed by atoms with Crippen LogP contribution in [0.2, 0.25) is 5.15 Å². The molecule has 2 fully saturated rings. The van der Waals surface area contributed by atoms with E-state index in [1.54, 1.807) is 0 Å². The van der Waals surface area contributed by atoms with E-state index in [4.69, 9.17) is 16.6 Å². The summed E-state index contributed by atoms with van der Waals surface area (Å²) in [5.74, 6) is 3.89. The van der Waals surface area contributed by atoms with Crippen molar-refractivity contribution >= 4 is 17.4 Å². The zero-order valence-electron chi connectivity index (χ0n) is 12.6. The van der Waals surface area contributed by atoms with Crippen LogP contribution in [0.25, 0.3) is 0 Å². The quantitative estimate of drug-likeness (QED) is 0.831. The lowest BCUT2D eigenvalue weighted by Crippen LogP contribution is -2.35. The van der Waals surface area contributed by atoms with Crippen molar-refractivity contribution in [3.8, 4) is 0 Å². The minimum Gasteiger partial charge on any atom is -0.367 e. The van der Waals surface area contributed by atoms with Crippen molar-refractivity contribution in [1.82, 2.24) is 9.97 Å². The van der Waals surface area contributed by atoms with E-state index in [1.807, 2.05) is 6.92 Å². The largest absolute Gasteiger partial charge is 0.367 e. The molecular weight excluding hydrogens is 270 g/mol. The Morgan fingerprint density at radius 1 is 1.10 bits per heavy atom. The van der Waals surface area contributed by atoms with E-state index in [1.165, 1.54) is 32.1 Å². The van der Waals surface area contributed by atoms with Crippen molar-refractivity contribution < 1.29 is 0 Å². The Labute approximate surface area is 126 Å². The lowest BCUT2D eigenvalue weighted by atomic mass is 9.78. The van der Waals surface area contributed by atoms with Gasteiger partial charge in [-0.15, -0.1) is 0 Å². The normalized spacial score (nSPS) is 30.3. The average Bonchev–Trinajstić information content (AvgIpc) is 3.24. The van der Waals surface area contributed by atoms with Gasteiger partial charge in [-0.05, 0) is 38.0 Å². The molecule has 1 N–H and O–H groups in total. The summed E-state index contributed by atoms with van der Waals surface area (Å²) >= 11 is 6.28. The average molecular weight is 294 g/mol. The van der Waals surface area contributed by atoms with Gasteiger partial charge >= 0.3 is 0 Å². The van der Waals surface area contributed by atoms with Gasteiger partial charge in [0, 0.05) is 17.5 Å². The van der Waals surface area contributed by atoms with E-state index in [0.29, 0.717) is 23.0 Å². The van der Waals surface area contributed by atoms with E-state index >= 15 is 0 Å².